The highest BCUT2D eigenvalue weighted by Crippen LogP contribution is 2.42. The molecule has 2 aliphatic heterocycles. The number of rotatable bonds is 7. The van der Waals surface area contributed by atoms with Crippen LogP contribution < -0.4 is 0 Å². The summed E-state index contributed by atoms with van der Waals surface area (Å²) in [5.74, 6) is 0. The van der Waals surface area contributed by atoms with Gasteiger partial charge >= 0.3 is 0 Å². The highest BCUT2D eigenvalue weighted by atomic mass is 16.3. The molecule has 2 fully saturated rings. The molecule has 1 aromatic carbocycles. The third kappa shape index (κ3) is 4.36. The summed E-state index contributed by atoms with van der Waals surface area (Å²) in [6.07, 6.45) is 11.9. The first-order valence-corrected chi connectivity index (χ1v) is 9.72. The van der Waals surface area contributed by atoms with Gasteiger partial charge in [-0.1, -0.05) is 69.4 Å². The molecule has 2 atom stereocenters. The minimum Gasteiger partial charge on any atom is -0.390 e. The molecule has 0 aromatic heterocycles. The van der Waals surface area contributed by atoms with Crippen LogP contribution in [0.3, 0.4) is 0 Å². The van der Waals surface area contributed by atoms with Crippen LogP contribution in [0.4, 0.5) is 0 Å². The van der Waals surface area contributed by atoms with Crippen molar-refractivity contribution in [3.05, 3.63) is 35.9 Å². The zero-order valence-electron chi connectivity index (χ0n) is 14.7. The van der Waals surface area contributed by atoms with Crippen molar-refractivity contribution in [1.29, 1.82) is 0 Å². The van der Waals surface area contributed by atoms with Gasteiger partial charge in [-0.05, 0) is 37.7 Å². The fourth-order valence-electron chi connectivity index (χ4n) is 4.76. The van der Waals surface area contributed by atoms with Crippen molar-refractivity contribution in [2.24, 2.45) is 0 Å². The van der Waals surface area contributed by atoms with E-state index in [0.717, 1.165) is 25.8 Å². The number of hydrogen-bond donors (Lipinski definition) is 1. The van der Waals surface area contributed by atoms with Gasteiger partial charge in [0.1, 0.15) is 0 Å². The van der Waals surface area contributed by atoms with Crippen molar-refractivity contribution in [3.8, 4) is 0 Å². The van der Waals surface area contributed by atoms with Crippen LogP contribution in [-0.4, -0.2) is 27.7 Å². The minimum atomic E-state index is -0.392. The standard InChI is InChI=1S/C21H33NO/c1-2-3-4-8-14-21(23)15-19-12-9-13-20(16-21)22(19)17-18-10-6-5-7-11-18/h5-7,10-11,19-20,23H,2-4,8-9,12-17H2,1H3. The van der Waals surface area contributed by atoms with Crippen LogP contribution in [0.2, 0.25) is 0 Å². The van der Waals surface area contributed by atoms with E-state index in [0.29, 0.717) is 12.1 Å². The van der Waals surface area contributed by atoms with E-state index in [1.54, 1.807) is 0 Å². The second-order valence-electron chi connectivity index (χ2n) is 7.84. The third-order valence-electron chi connectivity index (χ3n) is 5.95. The fraction of sp³-hybridized carbons (Fsp3) is 0.714. The van der Waals surface area contributed by atoms with Crippen molar-refractivity contribution < 1.29 is 5.11 Å². The molecule has 0 radical (unpaired) electrons. The molecule has 128 valence electrons. The van der Waals surface area contributed by atoms with Crippen LogP contribution >= 0.6 is 0 Å². The molecule has 2 saturated heterocycles. The summed E-state index contributed by atoms with van der Waals surface area (Å²) in [7, 11) is 0. The van der Waals surface area contributed by atoms with Crippen molar-refractivity contribution >= 4 is 0 Å². The number of fused-ring (bicyclic) bond motifs is 2. The van der Waals surface area contributed by atoms with Crippen LogP contribution in [0.25, 0.3) is 0 Å². The molecule has 0 amide bonds. The summed E-state index contributed by atoms with van der Waals surface area (Å²) in [4.78, 5) is 2.69. The Hall–Kier alpha value is -0.860. The molecule has 1 N–H and O–H groups in total. The first-order valence-electron chi connectivity index (χ1n) is 9.72. The Morgan fingerprint density at radius 2 is 1.74 bits per heavy atom. The van der Waals surface area contributed by atoms with Crippen molar-refractivity contribution in [3.63, 3.8) is 0 Å². The van der Waals surface area contributed by atoms with E-state index in [2.05, 4.69) is 42.2 Å². The molecule has 2 nitrogen and oxygen atoms in total. The van der Waals surface area contributed by atoms with E-state index in [4.69, 9.17) is 0 Å². The highest BCUT2D eigenvalue weighted by molar-refractivity contribution is 5.15. The molecular formula is C21H33NO. The van der Waals surface area contributed by atoms with Gasteiger partial charge in [0.05, 0.1) is 5.60 Å². The van der Waals surface area contributed by atoms with Crippen LogP contribution in [-0.2, 0) is 6.54 Å². The Bertz CT molecular complexity index is 458. The number of unbranched alkanes of at least 4 members (excludes halogenated alkanes) is 3. The second-order valence-corrected chi connectivity index (χ2v) is 7.84. The lowest BCUT2D eigenvalue weighted by molar-refractivity contribution is -0.0999. The largest absolute Gasteiger partial charge is 0.390 e. The minimum absolute atomic E-state index is 0.392. The topological polar surface area (TPSA) is 23.5 Å². The molecule has 2 unspecified atom stereocenters. The number of hydrogen-bond acceptors (Lipinski definition) is 2. The fourth-order valence-corrected chi connectivity index (χ4v) is 4.76. The molecule has 1 aromatic rings. The first kappa shape index (κ1) is 17.0. The van der Waals surface area contributed by atoms with Gasteiger partial charge in [0, 0.05) is 18.6 Å². The summed E-state index contributed by atoms with van der Waals surface area (Å²) in [5.41, 5.74) is 1.02. The van der Waals surface area contributed by atoms with Gasteiger partial charge in [0.25, 0.3) is 0 Å². The van der Waals surface area contributed by atoms with E-state index in [1.807, 2.05) is 0 Å². The second kappa shape index (κ2) is 7.81. The molecule has 2 heteroatoms. The first-order chi connectivity index (χ1) is 11.2. The van der Waals surface area contributed by atoms with Crippen LogP contribution in [0.5, 0.6) is 0 Å². The summed E-state index contributed by atoms with van der Waals surface area (Å²) in [6.45, 7) is 3.31. The van der Waals surface area contributed by atoms with Gasteiger partial charge in [-0.15, -0.1) is 0 Å². The molecular weight excluding hydrogens is 282 g/mol. The number of nitrogens with zero attached hydrogens (tertiary/aromatic N) is 1. The zero-order chi connectivity index (χ0) is 16.1. The van der Waals surface area contributed by atoms with E-state index in [1.165, 1.54) is 50.5 Å². The SMILES string of the molecule is CCCCCCC1(O)CC2CCCC(C1)N2Cc1ccccc1. The lowest BCUT2D eigenvalue weighted by atomic mass is 9.73. The Morgan fingerprint density at radius 3 is 2.39 bits per heavy atom. The van der Waals surface area contributed by atoms with Crippen LogP contribution in [0, 0.1) is 0 Å². The number of aliphatic hydroxyl groups is 1. The molecule has 23 heavy (non-hydrogen) atoms. The molecule has 2 heterocycles. The molecule has 2 aliphatic rings. The van der Waals surface area contributed by atoms with E-state index in [9.17, 15) is 5.11 Å². The van der Waals surface area contributed by atoms with Gasteiger partial charge in [-0.2, -0.15) is 0 Å². The summed E-state index contributed by atoms with van der Waals surface area (Å²) in [5, 5.41) is 11.1. The highest BCUT2D eigenvalue weighted by Gasteiger charge is 2.44. The maximum atomic E-state index is 11.1. The van der Waals surface area contributed by atoms with E-state index < -0.39 is 5.60 Å². The predicted molar refractivity (Wildman–Crippen MR) is 96.4 cm³/mol. The Kier molecular flexibility index (Phi) is 5.76. The van der Waals surface area contributed by atoms with E-state index >= 15 is 0 Å². The monoisotopic (exact) mass is 315 g/mol. The smallest absolute Gasteiger partial charge is 0.0677 e. The molecule has 3 rings (SSSR count). The van der Waals surface area contributed by atoms with Gasteiger partial charge in [-0.25, -0.2) is 0 Å². The van der Waals surface area contributed by atoms with Gasteiger partial charge in [-0.3, -0.25) is 4.90 Å². The Balaban J connectivity index is 1.61. The number of piperidine rings is 2. The Labute approximate surface area is 141 Å². The number of benzene rings is 1. The van der Waals surface area contributed by atoms with Crippen molar-refractivity contribution in [1.82, 2.24) is 4.90 Å². The maximum Gasteiger partial charge on any atom is 0.0677 e. The quantitative estimate of drug-likeness (QED) is 0.723. The van der Waals surface area contributed by atoms with Gasteiger partial charge in [0.2, 0.25) is 0 Å². The molecule has 0 spiro atoms. The van der Waals surface area contributed by atoms with Crippen molar-refractivity contribution in [2.75, 3.05) is 0 Å². The van der Waals surface area contributed by atoms with Gasteiger partial charge in [0.15, 0.2) is 0 Å². The predicted octanol–water partition coefficient (Wildman–Crippen LogP) is 4.91. The molecule has 0 aliphatic carbocycles. The lowest BCUT2D eigenvalue weighted by Gasteiger charge is -2.52. The van der Waals surface area contributed by atoms with E-state index in [-0.39, 0.29) is 0 Å². The average Bonchev–Trinajstić information content (AvgIpc) is 2.54. The molecule has 0 saturated carbocycles. The normalized spacial score (nSPS) is 31.2. The average molecular weight is 316 g/mol. The Morgan fingerprint density at radius 1 is 1.04 bits per heavy atom. The van der Waals surface area contributed by atoms with Gasteiger partial charge < -0.3 is 5.11 Å². The summed E-state index contributed by atoms with van der Waals surface area (Å²) >= 11 is 0. The van der Waals surface area contributed by atoms with Crippen LogP contribution in [0.1, 0.15) is 76.7 Å². The lowest BCUT2D eigenvalue weighted by Crippen LogP contribution is -2.57. The summed E-state index contributed by atoms with van der Waals surface area (Å²) < 4.78 is 0. The third-order valence-corrected chi connectivity index (χ3v) is 5.95. The molecule has 2 bridgehead atoms. The summed E-state index contributed by atoms with van der Waals surface area (Å²) in [6, 6.07) is 12.0. The van der Waals surface area contributed by atoms with Crippen LogP contribution in [0.15, 0.2) is 30.3 Å². The van der Waals surface area contributed by atoms with Crippen molar-refractivity contribution in [2.45, 2.75) is 95.4 Å². The zero-order valence-corrected chi connectivity index (χ0v) is 14.7. The maximum absolute atomic E-state index is 11.1.